The van der Waals surface area contributed by atoms with Gasteiger partial charge in [0.15, 0.2) is 5.78 Å². The van der Waals surface area contributed by atoms with Gasteiger partial charge in [-0.1, -0.05) is 28.1 Å². The number of Topliss-reactive ketones (excluding diaryl/α,β-unsaturated/α-hetero) is 1. The first-order chi connectivity index (χ1) is 8.24. The van der Waals surface area contributed by atoms with Crippen molar-refractivity contribution in [3.8, 4) is 0 Å². The third-order valence-corrected chi connectivity index (χ3v) is 4.54. The second kappa shape index (κ2) is 4.41. The van der Waals surface area contributed by atoms with Crippen LogP contribution < -0.4 is 0 Å². The van der Waals surface area contributed by atoms with Crippen LogP contribution in [0.25, 0.3) is 6.08 Å². The van der Waals surface area contributed by atoms with Crippen LogP contribution in [-0.4, -0.2) is 5.78 Å². The third-order valence-electron chi connectivity index (χ3n) is 4.01. The van der Waals surface area contributed by atoms with Gasteiger partial charge in [0.05, 0.1) is 0 Å². The van der Waals surface area contributed by atoms with Crippen molar-refractivity contribution < 1.29 is 4.79 Å². The molecule has 1 nitrogen and oxygen atoms in total. The zero-order valence-corrected chi connectivity index (χ0v) is 11.2. The minimum atomic E-state index is 0.321. The molecule has 3 aliphatic carbocycles. The van der Waals surface area contributed by atoms with Crippen LogP contribution in [0, 0.1) is 11.8 Å². The number of fused-ring (bicyclic) bond motifs is 3. The number of carbonyl (C=O) groups is 1. The van der Waals surface area contributed by atoms with Gasteiger partial charge in [-0.05, 0) is 60.9 Å². The molecule has 1 aromatic rings. The largest absolute Gasteiger partial charge is 0.294 e. The molecule has 0 aliphatic heterocycles. The Morgan fingerprint density at radius 2 is 1.59 bits per heavy atom. The average molecular weight is 291 g/mol. The zero-order chi connectivity index (χ0) is 11.8. The first-order valence-corrected chi connectivity index (χ1v) is 7.05. The number of hydrogen-bond donors (Lipinski definition) is 0. The Kier molecular flexibility index (Phi) is 2.91. The predicted octanol–water partition coefficient (Wildman–Crippen LogP) is 4.22. The summed E-state index contributed by atoms with van der Waals surface area (Å²) in [5.41, 5.74) is 2.22. The normalized spacial score (nSPS) is 29.9. The van der Waals surface area contributed by atoms with E-state index in [-0.39, 0.29) is 0 Å². The van der Waals surface area contributed by atoms with Gasteiger partial charge in [-0.3, -0.25) is 4.79 Å². The summed E-state index contributed by atoms with van der Waals surface area (Å²) < 4.78 is 1.08. The van der Waals surface area contributed by atoms with E-state index in [9.17, 15) is 4.79 Å². The molecule has 0 spiro atoms. The van der Waals surface area contributed by atoms with Gasteiger partial charge >= 0.3 is 0 Å². The Labute approximate surface area is 110 Å². The fraction of sp³-hybridized carbons (Fsp3) is 0.400. The topological polar surface area (TPSA) is 17.1 Å². The molecule has 88 valence electrons. The Morgan fingerprint density at radius 1 is 1.00 bits per heavy atom. The van der Waals surface area contributed by atoms with E-state index in [0.717, 1.165) is 28.5 Å². The van der Waals surface area contributed by atoms with Crippen molar-refractivity contribution in [2.45, 2.75) is 25.7 Å². The third kappa shape index (κ3) is 2.11. The van der Waals surface area contributed by atoms with Crippen LogP contribution in [0.4, 0.5) is 0 Å². The summed E-state index contributed by atoms with van der Waals surface area (Å²) in [5.74, 6) is 1.26. The molecule has 0 saturated heterocycles. The zero-order valence-electron chi connectivity index (χ0n) is 9.66. The Balaban J connectivity index is 1.93. The SMILES string of the molecule is O=C1C(=Cc2ccc(Br)cc2)C2CCC1CC2. The van der Waals surface area contributed by atoms with E-state index in [1.165, 1.54) is 12.8 Å². The number of benzene rings is 1. The molecule has 0 atom stereocenters. The van der Waals surface area contributed by atoms with Crippen molar-refractivity contribution in [2.24, 2.45) is 11.8 Å². The Morgan fingerprint density at radius 3 is 2.18 bits per heavy atom. The Bertz CT molecular complexity index is 464. The van der Waals surface area contributed by atoms with Crippen LogP contribution in [0.1, 0.15) is 31.2 Å². The summed E-state index contributed by atoms with van der Waals surface area (Å²) in [7, 11) is 0. The van der Waals surface area contributed by atoms with Crippen molar-refractivity contribution in [1.29, 1.82) is 0 Å². The molecule has 3 fully saturated rings. The van der Waals surface area contributed by atoms with E-state index in [0.29, 0.717) is 17.6 Å². The van der Waals surface area contributed by atoms with E-state index >= 15 is 0 Å². The molecule has 2 heteroatoms. The van der Waals surface area contributed by atoms with Gasteiger partial charge in [-0.25, -0.2) is 0 Å². The molecule has 0 N–H and O–H groups in total. The summed E-state index contributed by atoms with van der Waals surface area (Å²) in [6.07, 6.45) is 6.74. The minimum Gasteiger partial charge on any atom is -0.294 e. The van der Waals surface area contributed by atoms with Crippen molar-refractivity contribution >= 4 is 27.8 Å². The molecule has 0 amide bonds. The van der Waals surface area contributed by atoms with E-state index in [4.69, 9.17) is 0 Å². The molecule has 0 unspecified atom stereocenters. The second-order valence-electron chi connectivity index (χ2n) is 5.06. The molecule has 3 saturated carbocycles. The van der Waals surface area contributed by atoms with Gasteiger partial charge in [0.25, 0.3) is 0 Å². The predicted molar refractivity (Wildman–Crippen MR) is 72.6 cm³/mol. The van der Waals surface area contributed by atoms with E-state index in [1.54, 1.807) is 0 Å². The molecule has 1 aromatic carbocycles. The van der Waals surface area contributed by atoms with Gasteiger partial charge in [-0.2, -0.15) is 0 Å². The summed E-state index contributed by atoms with van der Waals surface area (Å²) in [4.78, 5) is 12.2. The molecule has 3 aliphatic rings. The molecule has 17 heavy (non-hydrogen) atoms. The van der Waals surface area contributed by atoms with Crippen LogP contribution in [0.3, 0.4) is 0 Å². The smallest absolute Gasteiger partial charge is 0.162 e. The summed E-state index contributed by atoms with van der Waals surface area (Å²) >= 11 is 3.43. The lowest BCUT2D eigenvalue weighted by Crippen LogP contribution is -2.33. The van der Waals surface area contributed by atoms with Gasteiger partial charge < -0.3 is 0 Å². The minimum absolute atomic E-state index is 0.321. The van der Waals surface area contributed by atoms with Crippen LogP contribution in [0.2, 0.25) is 0 Å². The van der Waals surface area contributed by atoms with Crippen molar-refractivity contribution in [2.75, 3.05) is 0 Å². The van der Waals surface area contributed by atoms with Crippen LogP contribution >= 0.6 is 15.9 Å². The maximum Gasteiger partial charge on any atom is 0.162 e. The second-order valence-corrected chi connectivity index (χ2v) is 5.98. The van der Waals surface area contributed by atoms with Gasteiger partial charge in [0.2, 0.25) is 0 Å². The highest BCUT2D eigenvalue weighted by Gasteiger charge is 2.37. The quantitative estimate of drug-likeness (QED) is 0.708. The van der Waals surface area contributed by atoms with Crippen LogP contribution in [0.15, 0.2) is 34.3 Å². The summed E-state index contributed by atoms with van der Waals surface area (Å²) in [6.45, 7) is 0. The lowest BCUT2D eigenvalue weighted by molar-refractivity contribution is -0.123. The maximum absolute atomic E-state index is 12.2. The monoisotopic (exact) mass is 290 g/mol. The number of allylic oxidation sites excluding steroid dienone is 1. The van der Waals surface area contributed by atoms with Gasteiger partial charge in [-0.15, -0.1) is 0 Å². The van der Waals surface area contributed by atoms with Crippen LogP contribution in [-0.2, 0) is 4.79 Å². The van der Waals surface area contributed by atoms with Crippen LogP contribution in [0.5, 0.6) is 0 Å². The first kappa shape index (κ1) is 11.2. The highest BCUT2D eigenvalue weighted by molar-refractivity contribution is 9.10. The molecule has 0 radical (unpaired) electrons. The number of carbonyl (C=O) groups excluding carboxylic acids is 1. The summed E-state index contributed by atoms with van der Waals surface area (Å²) in [6, 6.07) is 8.18. The van der Waals surface area contributed by atoms with E-state index in [1.807, 2.05) is 12.1 Å². The van der Waals surface area contributed by atoms with Crippen molar-refractivity contribution in [3.05, 3.63) is 39.9 Å². The molecular formula is C15H15BrO. The summed E-state index contributed by atoms with van der Waals surface area (Å²) in [5, 5.41) is 0. The number of hydrogen-bond acceptors (Lipinski definition) is 1. The number of ketones is 1. The molecular weight excluding hydrogens is 276 g/mol. The standard InChI is InChI=1S/C15H15BrO/c16-13-7-1-10(2-8-13)9-14-11-3-5-12(6-4-11)15(14)17/h1-2,7-9,11-12H,3-6H2. The van der Waals surface area contributed by atoms with E-state index < -0.39 is 0 Å². The number of halogens is 1. The van der Waals surface area contributed by atoms with Crippen molar-refractivity contribution in [1.82, 2.24) is 0 Å². The molecule has 0 aromatic heterocycles. The lowest BCUT2D eigenvalue weighted by atomic mass is 9.67. The Hall–Kier alpha value is -0.890. The average Bonchev–Trinajstić information content (AvgIpc) is 2.37. The first-order valence-electron chi connectivity index (χ1n) is 6.25. The van der Waals surface area contributed by atoms with Crippen molar-refractivity contribution in [3.63, 3.8) is 0 Å². The van der Waals surface area contributed by atoms with Gasteiger partial charge in [0, 0.05) is 10.4 Å². The fourth-order valence-corrected chi connectivity index (χ4v) is 3.30. The number of rotatable bonds is 1. The highest BCUT2D eigenvalue weighted by Crippen LogP contribution is 2.42. The molecule has 4 rings (SSSR count). The maximum atomic E-state index is 12.2. The van der Waals surface area contributed by atoms with E-state index in [2.05, 4.69) is 34.1 Å². The fourth-order valence-electron chi connectivity index (χ4n) is 3.03. The highest BCUT2D eigenvalue weighted by atomic mass is 79.9. The molecule has 2 bridgehead atoms. The lowest BCUT2D eigenvalue weighted by Gasteiger charge is -2.36. The molecule has 0 heterocycles. The van der Waals surface area contributed by atoms with Gasteiger partial charge in [0.1, 0.15) is 0 Å².